The van der Waals surface area contributed by atoms with Gasteiger partial charge < -0.3 is 11.1 Å². The molecule has 110 valence electrons. The zero-order valence-corrected chi connectivity index (χ0v) is 12.6. The fourth-order valence-electron chi connectivity index (χ4n) is 2.47. The first-order chi connectivity index (χ1) is 10.6. The van der Waals surface area contributed by atoms with E-state index >= 15 is 0 Å². The first kappa shape index (κ1) is 14.1. The van der Waals surface area contributed by atoms with Crippen molar-refractivity contribution in [2.45, 2.75) is 13.8 Å². The molecule has 0 unspecified atom stereocenters. The normalized spacial score (nSPS) is 10.6. The van der Waals surface area contributed by atoms with E-state index in [9.17, 15) is 4.79 Å². The summed E-state index contributed by atoms with van der Waals surface area (Å²) in [5.74, 6) is -0.157. The largest absolute Gasteiger partial charge is 0.398 e. The molecule has 1 amide bonds. The predicted molar refractivity (Wildman–Crippen MR) is 90.0 cm³/mol. The highest BCUT2D eigenvalue weighted by atomic mass is 16.1. The highest BCUT2D eigenvalue weighted by molar-refractivity contribution is 6.12. The molecule has 0 saturated heterocycles. The van der Waals surface area contributed by atoms with Gasteiger partial charge in [-0.05, 0) is 43.7 Å². The predicted octanol–water partition coefficient (Wildman–Crippen LogP) is 3.69. The van der Waals surface area contributed by atoms with Crippen LogP contribution >= 0.6 is 0 Å². The van der Waals surface area contributed by atoms with Gasteiger partial charge in [0.15, 0.2) is 0 Å². The summed E-state index contributed by atoms with van der Waals surface area (Å²) in [6.45, 7) is 3.77. The third-order valence-electron chi connectivity index (χ3n) is 3.71. The number of carbonyl (C=O) groups excluding carboxylic acids is 1. The van der Waals surface area contributed by atoms with E-state index in [0.717, 1.165) is 27.8 Å². The fraction of sp³-hybridized carbons (Fsp3) is 0.111. The summed E-state index contributed by atoms with van der Waals surface area (Å²) in [6.07, 6.45) is 0. The zero-order chi connectivity index (χ0) is 15.7. The van der Waals surface area contributed by atoms with Crippen LogP contribution in [-0.4, -0.2) is 10.9 Å². The monoisotopic (exact) mass is 291 g/mol. The molecular weight excluding hydrogens is 274 g/mol. The SMILES string of the molecule is Cc1cc(C(=O)Nc2cccc(N)c2C)c2ccccc2n1. The van der Waals surface area contributed by atoms with Crippen LogP contribution in [-0.2, 0) is 0 Å². The van der Waals surface area contributed by atoms with Crippen LogP contribution < -0.4 is 11.1 Å². The van der Waals surface area contributed by atoms with Crippen LogP contribution in [0.1, 0.15) is 21.6 Å². The van der Waals surface area contributed by atoms with Crippen LogP contribution in [0.15, 0.2) is 48.5 Å². The van der Waals surface area contributed by atoms with Crippen LogP contribution in [0.5, 0.6) is 0 Å². The number of aromatic nitrogens is 1. The molecule has 4 heteroatoms. The van der Waals surface area contributed by atoms with Gasteiger partial charge in [0.2, 0.25) is 0 Å². The lowest BCUT2D eigenvalue weighted by atomic mass is 10.1. The number of fused-ring (bicyclic) bond motifs is 1. The van der Waals surface area contributed by atoms with Gasteiger partial charge in [0.1, 0.15) is 0 Å². The van der Waals surface area contributed by atoms with Gasteiger partial charge in [-0.2, -0.15) is 0 Å². The number of amides is 1. The number of hydrogen-bond donors (Lipinski definition) is 2. The molecule has 0 radical (unpaired) electrons. The van der Waals surface area contributed by atoms with E-state index < -0.39 is 0 Å². The molecule has 1 heterocycles. The summed E-state index contributed by atoms with van der Waals surface area (Å²) in [5, 5.41) is 3.78. The summed E-state index contributed by atoms with van der Waals surface area (Å²) < 4.78 is 0. The molecule has 0 saturated carbocycles. The molecule has 2 aromatic carbocycles. The Kier molecular flexibility index (Phi) is 3.51. The molecule has 0 fully saturated rings. The Bertz CT molecular complexity index is 871. The van der Waals surface area contributed by atoms with Crippen molar-refractivity contribution in [1.82, 2.24) is 4.98 Å². The van der Waals surface area contributed by atoms with Crippen molar-refractivity contribution >= 4 is 28.2 Å². The molecule has 22 heavy (non-hydrogen) atoms. The van der Waals surface area contributed by atoms with E-state index in [1.165, 1.54) is 0 Å². The molecular formula is C18H17N3O. The van der Waals surface area contributed by atoms with Gasteiger partial charge in [-0.15, -0.1) is 0 Å². The maximum absolute atomic E-state index is 12.7. The average molecular weight is 291 g/mol. The van der Waals surface area contributed by atoms with E-state index in [0.29, 0.717) is 11.3 Å². The first-order valence-electron chi connectivity index (χ1n) is 7.09. The number of nitrogens with zero attached hydrogens (tertiary/aromatic N) is 1. The third kappa shape index (κ3) is 2.51. The van der Waals surface area contributed by atoms with E-state index in [-0.39, 0.29) is 5.91 Å². The van der Waals surface area contributed by atoms with Crippen molar-refractivity contribution in [3.05, 3.63) is 65.4 Å². The maximum Gasteiger partial charge on any atom is 0.256 e. The lowest BCUT2D eigenvalue weighted by Gasteiger charge is -2.12. The van der Waals surface area contributed by atoms with E-state index in [1.54, 1.807) is 6.07 Å². The Morgan fingerprint density at radius 2 is 1.86 bits per heavy atom. The molecule has 0 spiro atoms. The topological polar surface area (TPSA) is 68.0 Å². The van der Waals surface area contributed by atoms with Crippen LogP contribution in [0, 0.1) is 13.8 Å². The molecule has 0 atom stereocenters. The summed E-state index contributed by atoms with van der Waals surface area (Å²) in [6, 6.07) is 14.9. The first-order valence-corrected chi connectivity index (χ1v) is 7.09. The lowest BCUT2D eigenvalue weighted by Crippen LogP contribution is -2.14. The second-order valence-corrected chi connectivity index (χ2v) is 5.30. The molecule has 4 nitrogen and oxygen atoms in total. The highest BCUT2D eigenvalue weighted by Crippen LogP contribution is 2.23. The molecule has 0 aliphatic heterocycles. The number of nitrogens with one attached hydrogen (secondary N) is 1. The van der Waals surface area contributed by atoms with Gasteiger partial charge in [0, 0.05) is 22.5 Å². The summed E-state index contributed by atoms with van der Waals surface area (Å²) in [4.78, 5) is 17.1. The van der Waals surface area contributed by atoms with Crippen LogP contribution in [0.4, 0.5) is 11.4 Å². The quantitative estimate of drug-likeness (QED) is 0.708. The number of aryl methyl sites for hydroxylation is 1. The number of rotatable bonds is 2. The number of hydrogen-bond acceptors (Lipinski definition) is 3. The van der Waals surface area contributed by atoms with E-state index in [1.807, 2.05) is 56.3 Å². The van der Waals surface area contributed by atoms with E-state index in [4.69, 9.17) is 5.73 Å². The second-order valence-electron chi connectivity index (χ2n) is 5.30. The standard InChI is InChI=1S/C18H17N3O/c1-11-10-14(13-6-3-4-8-17(13)20-11)18(22)21-16-9-5-7-15(19)12(16)2/h3-10H,19H2,1-2H3,(H,21,22). The second kappa shape index (κ2) is 5.48. The highest BCUT2D eigenvalue weighted by Gasteiger charge is 2.13. The number of nitrogens with two attached hydrogens (primary N) is 1. The Balaban J connectivity index is 2.04. The van der Waals surface area contributed by atoms with Gasteiger partial charge in [0.25, 0.3) is 5.91 Å². The molecule has 0 bridgehead atoms. The number of carbonyl (C=O) groups is 1. The fourth-order valence-corrected chi connectivity index (χ4v) is 2.47. The summed E-state index contributed by atoms with van der Waals surface area (Å²) in [7, 11) is 0. The van der Waals surface area contributed by atoms with Crippen molar-refractivity contribution in [1.29, 1.82) is 0 Å². The minimum atomic E-state index is -0.157. The summed E-state index contributed by atoms with van der Waals surface area (Å²) >= 11 is 0. The van der Waals surface area contributed by atoms with Gasteiger partial charge in [-0.1, -0.05) is 24.3 Å². The van der Waals surface area contributed by atoms with Crippen molar-refractivity contribution in [2.24, 2.45) is 0 Å². The molecule has 1 aromatic heterocycles. The summed E-state index contributed by atoms with van der Waals surface area (Å²) in [5.41, 5.74) is 10.4. The molecule has 3 aromatic rings. The minimum Gasteiger partial charge on any atom is -0.398 e. The van der Waals surface area contributed by atoms with Crippen LogP contribution in [0.25, 0.3) is 10.9 Å². The zero-order valence-electron chi connectivity index (χ0n) is 12.6. The van der Waals surface area contributed by atoms with Crippen molar-refractivity contribution < 1.29 is 4.79 Å². The van der Waals surface area contributed by atoms with E-state index in [2.05, 4.69) is 10.3 Å². The minimum absolute atomic E-state index is 0.157. The van der Waals surface area contributed by atoms with Crippen molar-refractivity contribution in [2.75, 3.05) is 11.1 Å². The third-order valence-corrected chi connectivity index (χ3v) is 3.71. The smallest absolute Gasteiger partial charge is 0.256 e. The van der Waals surface area contributed by atoms with Crippen molar-refractivity contribution in [3.8, 4) is 0 Å². The molecule has 3 N–H and O–H groups in total. The number of anilines is 2. The number of para-hydroxylation sites is 1. The number of pyridine rings is 1. The van der Waals surface area contributed by atoms with Crippen LogP contribution in [0.2, 0.25) is 0 Å². The average Bonchev–Trinajstić information content (AvgIpc) is 2.51. The Morgan fingerprint density at radius 3 is 2.68 bits per heavy atom. The van der Waals surface area contributed by atoms with Gasteiger partial charge in [-0.25, -0.2) is 0 Å². The lowest BCUT2D eigenvalue weighted by molar-refractivity contribution is 0.102. The molecule has 0 aliphatic carbocycles. The number of nitrogen functional groups attached to an aromatic ring is 1. The van der Waals surface area contributed by atoms with Gasteiger partial charge in [-0.3, -0.25) is 9.78 Å². The maximum atomic E-state index is 12.7. The molecule has 3 rings (SSSR count). The Morgan fingerprint density at radius 1 is 1.09 bits per heavy atom. The van der Waals surface area contributed by atoms with Gasteiger partial charge in [0.05, 0.1) is 11.1 Å². The van der Waals surface area contributed by atoms with Gasteiger partial charge >= 0.3 is 0 Å². The molecule has 0 aliphatic rings. The Hall–Kier alpha value is -2.88. The van der Waals surface area contributed by atoms with Crippen molar-refractivity contribution in [3.63, 3.8) is 0 Å². The Labute approximate surface area is 129 Å². The van der Waals surface area contributed by atoms with Crippen LogP contribution in [0.3, 0.4) is 0 Å². The number of benzene rings is 2.